The van der Waals surface area contributed by atoms with Gasteiger partial charge in [-0.1, -0.05) is 18.2 Å². The molecule has 0 unspecified atom stereocenters. The summed E-state index contributed by atoms with van der Waals surface area (Å²) in [6.45, 7) is 6.14. The third-order valence-electron chi connectivity index (χ3n) is 5.96. The Balaban J connectivity index is 1.82. The molecule has 1 aliphatic rings. The molecule has 1 fully saturated rings. The van der Waals surface area contributed by atoms with Crippen molar-refractivity contribution in [3.05, 3.63) is 91.5 Å². The van der Waals surface area contributed by atoms with Gasteiger partial charge >= 0.3 is 5.69 Å². The normalized spacial score (nSPS) is 13.7. The summed E-state index contributed by atoms with van der Waals surface area (Å²) in [7, 11) is 0. The molecule has 0 radical (unpaired) electrons. The maximum absolute atomic E-state index is 13.8. The predicted molar refractivity (Wildman–Crippen MR) is 127 cm³/mol. The minimum atomic E-state index is -0.848. The van der Waals surface area contributed by atoms with E-state index in [2.05, 4.69) is 5.10 Å². The highest BCUT2D eigenvalue weighted by molar-refractivity contribution is 5.92. The first-order valence-corrected chi connectivity index (χ1v) is 11.3. The monoisotopic (exact) mass is 479 g/mol. The number of halogens is 1. The molecular formula is C25H26FN5O4. The molecule has 2 aromatic carbocycles. The third kappa shape index (κ3) is 5.06. The van der Waals surface area contributed by atoms with Gasteiger partial charge in [0.25, 0.3) is 11.5 Å². The van der Waals surface area contributed by atoms with E-state index in [1.807, 2.05) is 19.9 Å². The highest BCUT2D eigenvalue weighted by Gasteiger charge is 2.28. The molecule has 0 atom stereocenters. The number of hydrogen-bond donors (Lipinski definition) is 0. The molecule has 10 heteroatoms. The molecule has 0 bridgehead atoms. The number of amides is 2. The largest absolute Gasteiger partial charge is 0.352 e. The van der Waals surface area contributed by atoms with Gasteiger partial charge in [-0.3, -0.25) is 19.0 Å². The molecule has 1 aliphatic heterocycles. The number of rotatable bonds is 4. The maximum Gasteiger partial charge on any atom is 0.352 e. The molecule has 4 rings (SSSR count). The van der Waals surface area contributed by atoms with Gasteiger partial charge in [0, 0.05) is 33.1 Å². The van der Waals surface area contributed by atoms with Crippen molar-refractivity contribution in [2.75, 3.05) is 26.2 Å². The fourth-order valence-corrected chi connectivity index (χ4v) is 4.22. The average Bonchev–Trinajstić information content (AvgIpc) is 2.81. The fraction of sp³-hybridized carbons (Fsp3) is 0.320. The number of hydrogen-bond acceptors (Lipinski definition) is 5. The molecule has 9 nitrogen and oxygen atoms in total. The Hall–Kier alpha value is -4.08. The quantitative estimate of drug-likeness (QED) is 0.565. The summed E-state index contributed by atoms with van der Waals surface area (Å²) in [5.41, 5.74) is 0.582. The van der Waals surface area contributed by atoms with Crippen LogP contribution in [0.25, 0.3) is 5.69 Å². The first kappa shape index (κ1) is 24.1. The molecule has 2 heterocycles. The van der Waals surface area contributed by atoms with Gasteiger partial charge in [-0.25, -0.2) is 9.18 Å². The standard InChI is InChI=1S/C25H26FN5O4/c1-16-11-17(2)13-21(12-16)31-25(35)30(15-19-5-4-6-20(26)14-19)24(34)22(27-31)23(33)29-9-7-28(8-10-29)18(3)32/h4-6,11-14H,7-10,15H2,1-3H3. The number of aryl methyl sites for hydroxylation is 2. The van der Waals surface area contributed by atoms with Crippen molar-refractivity contribution >= 4 is 11.8 Å². The second kappa shape index (κ2) is 9.65. The first-order valence-electron chi connectivity index (χ1n) is 11.3. The van der Waals surface area contributed by atoms with Gasteiger partial charge in [0.1, 0.15) is 5.82 Å². The Bertz CT molecular complexity index is 1400. The molecule has 0 spiro atoms. The van der Waals surface area contributed by atoms with E-state index in [1.54, 1.807) is 23.1 Å². The van der Waals surface area contributed by atoms with Gasteiger partial charge in [0.05, 0.1) is 12.2 Å². The van der Waals surface area contributed by atoms with Crippen molar-refractivity contribution in [1.82, 2.24) is 24.1 Å². The van der Waals surface area contributed by atoms with E-state index in [4.69, 9.17) is 0 Å². The minimum absolute atomic E-state index is 0.0870. The van der Waals surface area contributed by atoms with Gasteiger partial charge in [-0.2, -0.15) is 9.78 Å². The topological polar surface area (TPSA) is 97.5 Å². The van der Waals surface area contributed by atoms with E-state index in [1.165, 1.54) is 30.0 Å². The second-order valence-electron chi connectivity index (χ2n) is 8.71. The molecule has 182 valence electrons. The van der Waals surface area contributed by atoms with Crippen LogP contribution in [-0.4, -0.2) is 62.1 Å². The fourth-order valence-electron chi connectivity index (χ4n) is 4.22. The zero-order chi connectivity index (χ0) is 25.3. The average molecular weight is 480 g/mol. The minimum Gasteiger partial charge on any atom is -0.339 e. The Kier molecular flexibility index (Phi) is 6.63. The number of benzene rings is 2. The van der Waals surface area contributed by atoms with Crippen LogP contribution in [0, 0.1) is 19.7 Å². The third-order valence-corrected chi connectivity index (χ3v) is 5.96. The predicted octanol–water partition coefficient (Wildman–Crippen LogP) is 1.50. The van der Waals surface area contributed by atoms with Crippen molar-refractivity contribution in [3.8, 4) is 5.69 Å². The van der Waals surface area contributed by atoms with Gasteiger partial charge in [0.15, 0.2) is 0 Å². The lowest BCUT2D eigenvalue weighted by Gasteiger charge is -2.33. The maximum atomic E-state index is 13.8. The van der Waals surface area contributed by atoms with Crippen molar-refractivity contribution in [3.63, 3.8) is 0 Å². The van der Waals surface area contributed by atoms with Gasteiger partial charge < -0.3 is 9.80 Å². The Morgan fingerprint density at radius 3 is 2.17 bits per heavy atom. The molecule has 35 heavy (non-hydrogen) atoms. The molecule has 1 saturated heterocycles. The van der Waals surface area contributed by atoms with E-state index < -0.39 is 28.7 Å². The summed E-state index contributed by atoms with van der Waals surface area (Å²) in [6, 6.07) is 11.0. The highest BCUT2D eigenvalue weighted by Crippen LogP contribution is 2.12. The molecule has 2 amide bonds. The summed E-state index contributed by atoms with van der Waals surface area (Å²) in [5.74, 6) is -1.21. The van der Waals surface area contributed by atoms with Crippen molar-refractivity contribution in [2.24, 2.45) is 0 Å². The van der Waals surface area contributed by atoms with E-state index in [0.29, 0.717) is 24.3 Å². The Morgan fingerprint density at radius 1 is 0.943 bits per heavy atom. The zero-order valence-corrected chi connectivity index (χ0v) is 19.8. The highest BCUT2D eigenvalue weighted by atomic mass is 19.1. The molecule has 0 aliphatic carbocycles. The second-order valence-corrected chi connectivity index (χ2v) is 8.71. The number of nitrogens with zero attached hydrogens (tertiary/aromatic N) is 5. The number of carbonyl (C=O) groups excluding carboxylic acids is 2. The van der Waals surface area contributed by atoms with Crippen LogP contribution in [0.15, 0.2) is 52.1 Å². The SMILES string of the molecule is CC(=O)N1CCN(C(=O)c2nn(-c3cc(C)cc(C)c3)c(=O)n(Cc3cccc(F)c3)c2=O)CC1. The summed E-state index contributed by atoms with van der Waals surface area (Å²) < 4.78 is 15.7. The van der Waals surface area contributed by atoms with Gasteiger partial charge in [-0.15, -0.1) is 0 Å². The number of carbonyl (C=O) groups is 2. The van der Waals surface area contributed by atoms with Gasteiger partial charge in [-0.05, 0) is 54.8 Å². The molecular weight excluding hydrogens is 453 g/mol. The first-order chi connectivity index (χ1) is 16.6. The van der Waals surface area contributed by atoms with Crippen molar-refractivity contribution in [2.45, 2.75) is 27.3 Å². The van der Waals surface area contributed by atoms with Crippen LogP contribution in [0.4, 0.5) is 4.39 Å². The summed E-state index contributed by atoms with van der Waals surface area (Å²) in [6.07, 6.45) is 0. The molecule has 3 aromatic rings. The van der Waals surface area contributed by atoms with E-state index >= 15 is 0 Å². The zero-order valence-electron chi connectivity index (χ0n) is 19.8. The van der Waals surface area contributed by atoms with E-state index in [0.717, 1.165) is 20.4 Å². The molecule has 1 aromatic heterocycles. The lowest BCUT2D eigenvalue weighted by atomic mass is 10.1. The lowest BCUT2D eigenvalue weighted by molar-refractivity contribution is -0.130. The smallest absolute Gasteiger partial charge is 0.339 e. The van der Waals surface area contributed by atoms with Crippen LogP contribution in [0.2, 0.25) is 0 Å². The summed E-state index contributed by atoms with van der Waals surface area (Å²) >= 11 is 0. The molecule has 0 saturated carbocycles. The van der Waals surface area contributed by atoms with Crippen LogP contribution in [0.1, 0.15) is 34.1 Å². The molecule has 0 N–H and O–H groups in total. The summed E-state index contributed by atoms with van der Waals surface area (Å²) in [5, 5.41) is 4.20. The van der Waals surface area contributed by atoms with Crippen LogP contribution in [0.3, 0.4) is 0 Å². The van der Waals surface area contributed by atoms with Gasteiger partial charge in [0.2, 0.25) is 11.6 Å². The van der Waals surface area contributed by atoms with Crippen LogP contribution >= 0.6 is 0 Å². The Labute approximate surface area is 201 Å². The number of piperazine rings is 1. The van der Waals surface area contributed by atoms with Crippen LogP contribution < -0.4 is 11.2 Å². The van der Waals surface area contributed by atoms with E-state index in [-0.39, 0.29) is 25.5 Å². The van der Waals surface area contributed by atoms with Crippen LogP contribution in [0.5, 0.6) is 0 Å². The summed E-state index contributed by atoms with van der Waals surface area (Å²) in [4.78, 5) is 54.8. The van der Waals surface area contributed by atoms with Crippen molar-refractivity contribution < 1.29 is 14.0 Å². The van der Waals surface area contributed by atoms with Crippen molar-refractivity contribution in [1.29, 1.82) is 0 Å². The Morgan fingerprint density at radius 2 is 1.57 bits per heavy atom. The lowest BCUT2D eigenvalue weighted by Crippen LogP contribution is -2.52. The van der Waals surface area contributed by atoms with E-state index in [9.17, 15) is 23.6 Å². The van der Waals surface area contributed by atoms with Crippen LogP contribution in [-0.2, 0) is 11.3 Å². The number of aromatic nitrogens is 3.